The van der Waals surface area contributed by atoms with E-state index >= 15 is 0 Å². The van der Waals surface area contributed by atoms with E-state index in [-0.39, 0.29) is 11.7 Å². The molecule has 1 N–H and O–H groups in total. The fraction of sp³-hybridized carbons (Fsp3) is 0.800. The lowest BCUT2D eigenvalue weighted by atomic mass is 9.77. The van der Waals surface area contributed by atoms with Crippen LogP contribution in [0.2, 0.25) is 0 Å². The first-order valence-electron chi connectivity index (χ1n) is 9.02. The Labute approximate surface area is 135 Å². The predicted octanol–water partition coefficient (Wildman–Crippen LogP) is 4.63. The van der Waals surface area contributed by atoms with Crippen molar-refractivity contribution in [2.75, 3.05) is 0 Å². The lowest BCUT2D eigenvalue weighted by Gasteiger charge is -2.32. The van der Waals surface area contributed by atoms with Gasteiger partial charge >= 0.3 is 0 Å². The minimum Gasteiger partial charge on any atom is -0.392 e. The number of aliphatic hydroxyl groups is 1. The van der Waals surface area contributed by atoms with E-state index in [1.807, 2.05) is 0 Å². The average Bonchev–Trinajstić information content (AvgIpc) is 2.91. The summed E-state index contributed by atoms with van der Waals surface area (Å²) in [4.78, 5) is 0. The van der Waals surface area contributed by atoms with Gasteiger partial charge in [-0.25, -0.2) is 0 Å². The highest BCUT2D eigenvalue weighted by Gasteiger charge is 2.47. The SMILES string of the molecule is CC1=CCC2=C(C)CCC([C@H](C)CCC3OC3(C)C)[C@@H](O)[C@H]12. The maximum Gasteiger partial charge on any atom is 0.0892 e. The molecule has 22 heavy (non-hydrogen) atoms. The summed E-state index contributed by atoms with van der Waals surface area (Å²) in [7, 11) is 0. The molecule has 0 saturated carbocycles. The van der Waals surface area contributed by atoms with Gasteiger partial charge in [0.2, 0.25) is 0 Å². The predicted molar refractivity (Wildman–Crippen MR) is 90.6 cm³/mol. The number of aliphatic hydroxyl groups excluding tert-OH is 1. The molecule has 0 spiro atoms. The van der Waals surface area contributed by atoms with E-state index in [9.17, 15) is 5.11 Å². The fourth-order valence-corrected chi connectivity index (χ4v) is 4.67. The highest BCUT2D eigenvalue weighted by atomic mass is 16.6. The van der Waals surface area contributed by atoms with Crippen molar-refractivity contribution in [3.63, 3.8) is 0 Å². The minimum atomic E-state index is -0.200. The molecular formula is C20H32O2. The summed E-state index contributed by atoms with van der Waals surface area (Å²) in [6.45, 7) is 11.2. The Morgan fingerprint density at radius 2 is 2.05 bits per heavy atom. The van der Waals surface area contributed by atoms with Gasteiger partial charge in [0.1, 0.15) is 0 Å². The second-order valence-corrected chi connectivity index (χ2v) is 8.39. The molecule has 1 fully saturated rings. The highest BCUT2D eigenvalue weighted by molar-refractivity contribution is 5.35. The van der Waals surface area contributed by atoms with Crippen molar-refractivity contribution in [3.8, 4) is 0 Å². The van der Waals surface area contributed by atoms with E-state index in [0.29, 0.717) is 23.9 Å². The van der Waals surface area contributed by atoms with Crippen molar-refractivity contribution in [1.82, 2.24) is 0 Å². The van der Waals surface area contributed by atoms with Crippen molar-refractivity contribution < 1.29 is 9.84 Å². The molecule has 3 rings (SSSR count). The Hall–Kier alpha value is -0.600. The summed E-state index contributed by atoms with van der Waals surface area (Å²) in [5, 5.41) is 11.1. The molecule has 0 aromatic rings. The molecule has 2 nitrogen and oxygen atoms in total. The Morgan fingerprint density at radius 3 is 2.68 bits per heavy atom. The van der Waals surface area contributed by atoms with Crippen LogP contribution in [0.25, 0.3) is 0 Å². The first kappa shape index (κ1) is 16.3. The third kappa shape index (κ3) is 2.92. The first-order valence-corrected chi connectivity index (χ1v) is 9.02. The topological polar surface area (TPSA) is 32.8 Å². The summed E-state index contributed by atoms with van der Waals surface area (Å²) in [5.41, 5.74) is 4.51. The molecule has 0 aromatic carbocycles. The number of rotatable bonds is 4. The van der Waals surface area contributed by atoms with Gasteiger partial charge in [-0.2, -0.15) is 0 Å². The monoisotopic (exact) mass is 304 g/mol. The third-order valence-corrected chi connectivity index (χ3v) is 6.47. The summed E-state index contributed by atoms with van der Waals surface area (Å²) < 4.78 is 5.72. The molecule has 5 atom stereocenters. The first-order chi connectivity index (χ1) is 10.3. The van der Waals surface area contributed by atoms with Crippen LogP contribution in [0, 0.1) is 17.8 Å². The maximum atomic E-state index is 11.1. The van der Waals surface area contributed by atoms with Crippen LogP contribution in [0.5, 0.6) is 0 Å². The van der Waals surface area contributed by atoms with Gasteiger partial charge in [-0.15, -0.1) is 0 Å². The molecule has 2 unspecified atom stereocenters. The number of ether oxygens (including phenoxy) is 1. The zero-order valence-corrected chi connectivity index (χ0v) is 14.9. The Kier molecular flexibility index (Phi) is 4.28. The van der Waals surface area contributed by atoms with Crippen molar-refractivity contribution in [2.45, 2.75) is 84.5 Å². The minimum absolute atomic E-state index is 0.0951. The zero-order chi connectivity index (χ0) is 16.1. The molecule has 1 saturated heterocycles. The van der Waals surface area contributed by atoms with E-state index in [0.717, 1.165) is 25.7 Å². The molecule has 124 valence electrons. The third-order valence-electron chi connectivity index (χ3n) is 6.47. The van der Waals surface area contributed by atoms with E-state index in [1.54, 1.807) is 0 Å². The van der Waals surface area contributed by atoms with E-state index < -0.39 is 0 Å². The van der Waals surface area contributed by atoms with Crippen LogP contribution in [-0.2, 0) is 4.74 Å². The lowest BCUT2D eigenvalue weighted by Crippen LogP contribution is -2.33. The number of allylic oxidation sites excluding steroid dienone is 2. The standard InChI is InChI=1S/C20H32O2/c1-12-6-10-16(13(2)8-11-17-20(4,5)22-17)19(21)18-14(3)7-9-15(12)18/h7,13,16-19,21H,6,8-11H2,1-5H3/t13-,16?,17?,18-,19-/m1/s1. The van der Waals surface area contributed by atoms with Crippen molar-refractivity contribution in [3.05, 3.63) is 22.8 Å². The van der Waals surface area contributed by atoms with Crippen molar-refractivity contribution in [1.29, 1.82) is 0 Å². The van der Waals surface area contributed by atoms with E-state index in [4.69, 9.17) is 4.74 Å². The molecule has 0 aromatic heterocycles. The number of epoxide rings is 1. The van der Waals surface area contributed by atoms with Crippen molar-refractivity contribution >= 4 is 0 Å². The van der Waals surface area contributed by atoms with Crippen LogP contribution >= 0.6 is 0 Å². The normalized spacial score (nSPS) is 38.4. The molecule has 1 aliphatic heterocycles. The van der Waals surface area contributed by atoms with Gasteiger partial charge in [0, 0.05) is 5.92 Å². The van der Waals surface area contributed by atoms with Gasteiger partial charge < -0.3 is 9.84 Å². The van der Waals surface area contributed by atoms with E-state index in [1.165, 1.54) is 23.1 Å². The fourth-order valence-electron chi connectivity index (χ4n) is 4.67. The van der Waals surface area contributed by atoms with Crippen molar-refractivity contribution in [2.24, 2.45) is 17.8 Å². The second-order valence-electron chi connectivity index (χ2n) is 8.39. The number of hydrogen-bond acceptors (Lipinski definition) is 2. The van der Waals surface area contributed by atoms with Crippen LogP contribution in [0.3, 0.4) is 0 Å². The van der Waals surface area contributed by atoms with Crippen LogP contribution in [0.15, 0.2) is 22.8 Å². The average molecular weight is 304 g/mol. The smallest absolute Gasteiger partial charge is 0.0892 e. The highest BCUT2D eigenvalue weighted by Crippen LogP contribution is 2.46. The van der Waals surface area contributed by atoms with Gasteiger partial charge in [0.15, 0.2) is 0 Å². The maximum absolute atomic E-state index is 11.1. The quantitative estimate of drug-likeness (QED) is 0.606. The summed E-state index contributed by atoms with van der Waals surface area (Å²) >= 11 is 0. The molecule has 0 amide bonds. The lowest BCUT2D eigenvalue weighted by molar-refractivity contribution is 0.0465. The van der Waals surface area contributed by atoms with Gasteiger partial charge in [0.25, 0.3) is 0 Å². The molecule has 2 aliphatic carbocycles. The molecule has 3 aliphatic rings. The second kappa shape index (κ2) is 5.79. The molecule has 0 bridgehead atoms. The van der Waals surface area contributed by atoms with Crippen LogP contribution in [0.4, 0.5) is 0 Å². The molecular weight excluding hydrogens is 272 g/mol. The van der Waals surface area contributed by atoms with Crippen LogP contribution in [-0.4, -0.2) is 22.9 Å². The van der Waals surface area contributed by atoms with Gasteiger partial charge in [-0.1, -0.05) is 29.7 Å². The van der Waals surface area contributed by atoms with Gasteiger partial charge in [-0.3, -0.25) is 0 Å². The number of fused-ring (bicyclic) bond motifs is 1. The van der Waals surface area contributed by atoms with E-state index in [2.05, 4.69) is 40.7 Å². The molecule has 2 heteroatoms. The largest absolute Gasteiger partial charge is 0.392 e. The summed E-state index contributed by atoms with van der Waals surface area (Å²) in [5.74, 6) is 1.28. The van der Waals surface area contributed by atoms with Gasteiger partial charge in [0.05, 0.1) is 17.8 Å². The van der Waals surface area contributed by atoms with Crippen LogP contribution in [0.1, 0.15) is 66.7 Å². The Morgan fingerprint density at radius 1 is 1.36 bits per heavy atom. The number of hydrogen-bond donors (Lipinski definition) is 1. The zero-order valence-electron chi connectivity index (χ0n) is 14.9. The molecule has 0 radical (unpaired) electrons. The Bertz CT molecular complexity index is 500. The van der Waals surface area contributed by atoms with Crippen LogP contribution < -0.4 is 0 Å². The Balaban J connectivity index is 1.65. The summed E-state index contributed by atoms with van der Waals surface area (Å²) in [6.07, 6.45) is 8.21. The molecule has 1 heterocycles. The summed E-state index contributed by atoms with van der Waals surface area (Å²) in [6, 6.07) is 0. The van der Waals surface area contributed by atoms with Gasteiger partial charge in [-0.05, 0) is 71.6 Å².